The summed E-state index contributed by atoms with van der Waals surface area (Å²) in [7, 11) is 0. The molecule has 1 aliphatic rings. The van der Waals surface area contributed by atoms with Gasteiger partial charge in [0.25, 0.3) is 6.26 Å². The summed E-state index contributed by atoms with van der Waals surface area (Å²) in [5.41, 5.74) is 1.74. The Labute approximate surface area is 152 Å². The van der Waals surface area contributed by atoms with Gasteiger partial charge in [0.15, 0.2) is 0 Å². The van der Waals surface area contributed by atoms with Crippen LogP contribution < -0.4 is 9.47 Å². The molecular weight excluding hydrogens is 326 g/mol. The fourth-order valence-electron chi connectivity index (χ4n) is 3.80. The average Bonchev–Trinajstić information content (AvgIpc) is 2.60. The Hall–Kier alpha value is -3.49. The van der Waals surface area contributed by atoms with Crippen molar-refractivity contribution in [3.05, 3.63) is 58.7 Å². The second-order valence-electron chi connectivity index (χ2n) is 7.23. The van der Waals surface area contributed by atoms with Gasteiger partial charge in [0.1, 0.15) is 17.1 Å². The number of hydrogen-bond acceptors (Lipinski definition) is 5. The van der Waals surface area contributed by atoms with E-state index in [2.05, 4.69) is 26.0 Å². The minimum Gasteiger partial charge on any atom is -0.482 e. The molecule has 2 aromatic rings. The van der Waals surface area contributed by atoms with Crippen LogP contribution in [0.25, 0.3) is 0 Å². The summed E-state index contributed by atoms with van der Waals surface area (Å²) in [5.74, 6) is 0.975. The molecule has 0 amide bonds. The quantitative estimate of drug-likeness (QED) is 0.760. The topological polar surface area (TPSA) is 89.8 Å². The third-order valence-corrected chi connectivity index (χ3v) is 4.80. The van der Waals surface area contributed by atoms with Crippen molar-refractivity contribution in [2.45, 2.75) is 38.2 Å². The van der Waals surface area contributed by atoms with E-state index in [-0.39, 0.29) is 5.41 Å². The van der Waals surface area contributed by atoms with E-state index in [9.17, 15) is 10.5 Å². The van der Waals surface area contributed by atoms with Crippen LogP contribution in [0.3, 0.4) is 0 Å². The maximum atomic E-state index is 9.58. The summed E-state index contributed by atoms with van der Waals surface area (Å²) in [6.07, 6.45) is 2.27. The zero-order valence-electron chi connectivity index (χ0n) is 14.8. The van der Waals surface area contributed by atoms with Crippen molar-refractivity contribution in [2.75, 3.05) is 0 Å². The number of benzene rings is 2. The molecule has 0 saturated carbocycles. The molecule has 128 valence electrons. The van der Waals surface area contributed by atoms with Crippen LogP contribution in [-0.2, 0) is 11.0 Å². The normalized spacial score (nSPS) is 19.8. The molecule has 1 heterocycles. The van der Waals surface area contributed by atoms with E-state index in [1.807, 2.05) is 13.0 Å². The molecule has 0 radical (unpaired) electrons. The fraction of sp³-hybridized carbons (Fsp3) is 0.286. The lowest BCUT2D eigenvalue weighted by molar-refractivity contribution is 0.0322. The Morgan fingerprint density at radius 1 is 0.962 bits per heavy atom. The molecular formula is C21H17N3O2. The molecule has 1 atom stereocenters. The maximum absolute atomic E-state index is 9.58. The lowest BCUT2D eigenvalue weighted by Crippen LogP contribution is -2.42. The zero-order valence-corrected chi connectivity index (χ0v) is 14.8. The Morgan fingerprint density at radius 2 is 1.69 bits per heavy atom. The van der Waals surface area contributed by atoms with Gasteiger partial charge in [-0.3, -0.25) is 0 Å². The first-order chi connectivity index (χ1) is 12.3. The van der Waals surface area contributed by atoms with Crippen LogP contribution in [0.5, 0.6) is 11.5 Å². The Balaban J connectivity index is 2.13. The summed E-state index contributed by atoms with van der Waals surface area (Å²) in [4.78, 5) is 0. The molecule has 5 heteroatoms. The highest BCUT2D eigenvalue weighted by Gasteiger charge is 2.44. The monoisotopic (exact) mass is 343 g/mol. The smallest absolute Gasteiger partial charge is 0.292 e. The molecule has 0 aliphatic carbocycles. The van der Waals surface area contributed by atoms with E-state index in [4.69, 9.17) is 14.7 Å². The Morgan fingerprint density at radius 3 is 2.35 bits per heavy atom. The Kier molecular flexibility index (Phi) is 4.07. The summed E-state index contributed by atoms with van der Waals surface area (Å²) in [6, 6.07) is 14.7. The molecule has 0 saturated heterocycles. The van der Waals surface area contributed by atoms with E-state index in [1.165, 1.54) is 0 Å². The Bertz CT molecular complexity index is 1010. The van der Waals surface area contributed by atoms with Gasteiger partial charge in [-0.15, -0.1) is 5.26 Å². The van der Waals surface area contributed by atoms with Crippen LogP contribution in [-0.4, -0.2) is 0 Å². The highest BCUT2D eigenvalue weighted by atomic mass is 16.5. The zero-order chi connectivity index (χ0) is 18.9. The highest BCUT2D eigenvalue weighted by Crippen LogP contribution is 2.49. The van der Waals surface area contributed by atoms with Gasteiger partial charge in [-0.1, -0.05) is 19.9 Å². The molecule has 0 fully saturated rings. The van der Waals surface area contributed by atoms with Crippen LogP contribution >= 0.6 is 0 Å². The predicted octanol–water partition coefficient (Wildman–Crippen LogP) is 4.27. The first kappa shape index (κ1) is 17.3. The summed E-state index contributed by atoms with van der Waals surface area (Å²) >= 11 is 0. The average molecular weight is 343 g/mol. The number of fused-ring (bicyclic) bond motifs is 1. The second-order valence-corrected chi connectivity index (χ2v) is 7.23. The minimum absolute atomic E-state index is 0.204. The SMILES string of the molecule is CC1(C)CC(C)(c2ccc(OC#N)cc2C#N)Oc2cc(C#N)ccc21. The van der Waals surface area contributed by atoms with Crippen LogP contribution in [0.1, 0.15) is 49.4 Å². The van der Waals surface area contributed by atoms with E-state index in [0.717, 1.165) is 11.1 Å². The molecule has 0 N–H and O–H groups in total. The van der Waals surface area contributed by atoms with Gasteiger partial charge in [0.2, 0.25) is 0 Å². The summed E-state index contributed by atoms with van der Waals surface area (Å²) in [5, 5.41) is 27.4. The highest BCUT2D eigenvalue weighted by molar-refractivity contribution is 5.52. The van der Waals surface area contributed by atoms with E-state index >= 15 is 0 Å². The predicted molar refractivity (Wildman–Crippen MR) is 94.2 cm³/mol. The molecule has 5 nitrogen and oxygen atoms in total. The van der Waals surface area contributed by atoms with Gasteiger partial charge in [0, 0.05) is 23.6 Å². The molecule has 0 aromatic heterocycles. The van der Waals surface area contributed by atoms with Gasteiger partial charge in [-0.2, -0.15) is 10.5 Å². The first-order valence-corrected chi connectivity index (χ1v) is 8.17. The standard InChI is InChI=1S/C21H17N3O2/c1-20(2)12-21(3,26-19-8-14(10-22)4-6-18(19)20)17-7-5-16(25-13-24)9-15(17)11-23/h4-9H,12H2,1-3H3. The number of nitriles is 3. The van der Waals surface area contributed by atoms with Gasteiger partial charge in [-0.25, -0.2) is 0 Å². The number of rotatable bonds is 2. The van der Waals surface area contributed by atoms with Gasteiger partial charge >= 0.3 is 0 Å². The van der Waals surface area contributed by atoms with Gasteiger partial charge < -0.3 is 9.47 Å². The molecule has 1 unspecified atom stereocenters. The van der Waals surface area contributed by atoms with Gasteiger partial charge in [-0.05, 0) is 36.6 Å². The largest absolute Gasteiger partial charge is 0.482 e. The van der Waals surface area contributed by atoms with E-state index < -0.39 is 5.60 Å². The van der Waals surface area contributed by atoms with E-state index in [1.54, 1.807) is 36.6 Å². The van der Waals surface area contributed by atoms with Crippen molar-refractivity contribution in [1.82, 2.24) is 0 Å². The van der Waals surface area contributed by atoms with E-state index in [0.29, 0.717) is 29.0 Å². The van der Waals surface area contributed by atoms with Crippen molar-refractivity contribution < 1.29 is 9.47 Å². The third kappa shape index (κ3) is 2.83. The molecule has 26 heavy (non-hydrogen) atoms. The lowest BCUT2D eigenvalue weighted by Gasteiger charge is -2.44. The lowest BCUT2D eigenvalue weighted by atomic mass is 9.70. The van der Waals surface area contributed by atoms with Crippen molar-refractivity contribution in [3.63, 3.8) is 0 Å². The van der Waals surface area contributed by atoms with Crippen LogP contribution in [0, 0.1) is 34.2 Å². The van der Waals surface area contributed by atoms with Crippen molar-refractivity contribution in [2.24, 2.45) is 0 Å². The van der Waals surface area contributed by atoms with Crippen molar-refractivity contribution in [1.29, 1.82) is 15.8 Å². The second kappa shape index (κ2) is 6.10. The summed E-state index contributed by atoms with van der Waals surface area (Å²) < 4.78 is 11.1. The van der Waals surface area contributed by atoms with Crippen molar-refractivity contribution >= 4 is 0 Å². The van der Waals surface area contributed by atoms with Crippen LogP contribution in [0.2, 0.25) is 0 Å². The third-order valence-electron chi connectivity index (χ3n) is 4.80. The number of nitrogens with zero attached hydrogens (tertiary/aromatic N) is 3. The summed E-state index contributed by atoms with van der Waals surface area (Å²) in [6.45, 7) is 6.19. The molecule has 0 bridgehead atoms. The number of hydrogen-bond donors (Lipinski definition) is 0. The number of ether oxygens (including phenoxy) is 2. The molecule has 1 aliphatic heterocycles. The fourth-order valence-corrected chi connectivity index (χ4v) is 3.80. The van der Waals surface area contributed by atoms with Crippen molar-refractivity contribution in [3.8, 4) is 29.9 Å². The first-order valence-electron chi connectivity index (χ1n) is 8.17. The maximum Gasteiger partial charge on any atom is 0.292 e. The van der Waals surface area contributed by atoms with Crippen LogP contribution in [0.15, 0.2) is 36.4 Å². The van der Waals surface area contributed by atoms with Crippen LogP contribution in [0.4, 0.5) is 0 Å². The molecule has 0 spiro atoms. The van der Waals surface area contributed by atoms with Gasteiger partial charge in [0.05, 0.1) is 23.3 Å². The molecule has 2 aromatic carbocycles. The molecule has 3 rings (SSSR count). The minimum atomic E-state index is -0.749.